The SMILES string of the molecule is N#CC1CC(Oc2ncc(C(F)(F)F)cc2C(=O)Nc2cccc(C(N)=O)c2)C1. The van der Waals surface area contributed by atoms with Crippen LogP contribution in [0.4, 0.5) is 18.9 Å². The number of amides is 2. The van der Waals surface area contributed by atoms with Crippen LogP contribution in [0.25, 0.3) is 0 Å². The van der Waals surface area contributed by atoms with Gasteiger partial charge in [-0.2, -0.15) is 18.4 Å². The summed E-state index contributed by atoms with van der Waals surface area (Å²) in [5.74, 6) is -2.06. The molecule has 2 amide bonds. The van der Waals surface area contributed by atoms with Gasteiger partial charge in [-0.3, -0.25) is 9.59 Å². The number of anilines is 1. The Morgan fingerprint density at radius 1 is 1.28 bits per heavy atom. The highest BCUT2D eigenvalue weighted by Crippen LogP contribution is 2.34. The molecule has 1 fully saturated rings. The molecule has 1 saturated carbocycles. The number of carbonyl (C=O) groups is 2. The summed E-state index contributed by atoms with van der Waals surface area (Å²) in [6.45, 7) is 0. The third kappa shape index (κ3) is 4.63. The van der Waals surface area contributed by atoms with Gasteiger partial charge < -0.3 is 15.8 Å². The van der Waals surface area contributed by atoms with Crippen LogP contribution in [0.5, 0.6) is 5.88 Å². The van der Waals surface area contributed by atoms with E-state index in [1.807, 2.05) is 0 Å². The number of nitrogens with zero attached hydrogens (tertiary/aromatic N) is 2. The molecule has 0 bridgehead atoms. The highest BCUT2D eigenvalue weighted by atomic mass is 19.4. The van der Waals surface area contributed by atoms with E-state index in [1.165, 1.54) is 24.3 Å². The summed E-state index contributed by atoms with van der Waals surface area (Å²) in [4.78, 5) is 27.6. The molecule has 1 aromatic carbocycles. The van der Waals surface area contributed by atoms with E-state index in [4.69, 9.17) is 15.7 Å². The van der Waals surface area contributed by atoms with E-state index < -0.39 is 35.2 Å². The monoisotopic (exact) mass is 404 g/mol. The average molecular weight is 404 g/mol. The lowest BCUT2D eigenvalue weighted by molar-refractivity contribution is -0.137. The zero-order valence-corrected chi connectivity index (χ0v) is 14.9. The number of hydrogen-bond donors (Lipinski definition) is 2. The van der Waals surface area contributed by atoms with E-state index in [9.17, 15) is 22.8 Å². The largest absolute Gasteiger partial charge is 0.474 e. The van der Waals surface area contributed by atoms with Crippen molar-refractivity contribution in [1.82, 2.24) is 4.98 Å². The Morgan fingerprint density at radius 2 is 2.00 bits per heavy atom. The summed E-state index contributed by atoms with van der Waals surface area (Å²) in [5.41, 5.74) is 3.96. The van der Waals surface area contributed by atoms with Crippen molar-refractivity contribution >= 4 is 17.5 Å². The molecule has 2 aromatic rings. The van der Waals surface area contributed by atoms with Gasteiger partial charge in [0.15, 0.2) is 0 Å². The highest BCUT2D eigenvalue weighted by Gasteiger charge is 2.35. The lowest BCUT2D eigenvalue weighted by Gasteiger charge is -2.31. The molecule has 29 heavy (non-hydrogen) atoms. The second kappa shape index (κ2) is 7.79. The summed E-state index contributed by atoms with van der Waals surface area (Å²) in [7, 11) is 0. The predicted molar refractivity (Wildman–Crippen MR) is 94.9 cm³/mol. The molecule has 0 saturated heterocycles. The Morgan fingerprint density at radius 3 is 2.62 bits per heavy atom. The number of ether oxygens (including phenoxy) is 1. The minimum absolute atomic E-state index is 0.124. The van der Waals surface area contributed by atoms with Crippen LogP contribution in [0.1, 0.15) is 39.1 Å². The van der Waals surface area contributed by atoms with Crippen LogP contribution < -0.4 is 15.8 Å². The van der Waals surface area contributed by atoms with E-state index in [0.29, 0.717) is 25.1 Å². The van der Waals surface area contributed by atoms with Gasteiger partial charge in [-0.15, -0.1) is 0 Å². The van der Waals surface area contributed by atoms with Crippen LogP contribution in [0.3, 0.4) is 0 Å². The van der Waals surface area contributed by atoms with Gasteiger partial charge in [-0.25, -0.2) is 4.98 Å². The maximum atomic E-state index is 13.1. The summed E-state index contributed by atoms with van der Waals surface area (Å²) in [5, 5.41) is 11.2. The molecule has 0 aliphatic heterocycles. The molecule has 1 aromatic heterocycles. The smallest absolute Gasteiger partial charge is 0.417 e. The molecular formula is C19H15F3N4O3. The van der Waals surface area contributed by atoms with Crippen molar-refractivity contribution in [3.05, 3.63) is 53.2 Å². The van der Waals surface area contributed by atoms with Gasteiger partial charge in [-0.05, 0) is 24.3 Å². The fraction of sp³-hybridized carbons (Fsp3) is 0.263. The van der Waals surface area contributed by atoms with Crippen LogP contribution in [0.15, 0.2) is 36.5 Å². The molecule has 0 radical (unpaired) electrons. The van der Waals surface area contributed by atoms with Gasteiger partial charge in [-0.1, -0.05) is 6.07 Å². The van der Waals surface area contributed by atoms with Gasteiger partial charge in [0.1, 0.15) is 11.7 Å². The first kappa shape index (κ1) is 20.1. The molecular weight excluding hydrogens is 389 g/mol. The fourth-order valence-electron chi connectivity index (χ4n) is 2.74. The number of rotatable bonds is 5. The summed E-state index contributed by atoms with van der Waals surface area (Å²) >= 11 is 0. The Bertz CT molecular complexity index is 995. The van der Waals surface area contributed by atoms with Crippen molar-refractivity contribution in [3.8, 4) is 11.9 Å². The van der Waals surface area contributed by atoms with Gasteiger partial charge >= 0.3 is 6.18 Å². The van der Waals surface area contributed by atoms with Crippen LogP contribution in [0.2, 0.25) is 0 Å². The van der Waals surface area contributed by atoms with Crippen molar-refractivity contribution in [2.75, 3.05) is 5.32 Å². The lowest BCUT2D eigenvalue weighted by Crippen LogP contribution is -2.33. The van der Waals surface area contributed by atoms with Gasteiger partial charge in [0.2, 0.25) is 11.8 Å². The number of halogens is 3. The van der Waals surface area contributed by atoms with Gasteiger partial charge in [0.25, 0.3) is 5.91 Å². The first-order valence-electron chi connectivity index (χ1n) is 8.52. The normalized spacial score (nSPS) is 18.3. The Hall–Kier alpha value is -3.61. The maximum absolute atomic E-state index is 13.1. The minimum Gasteiger partial charge on any atom is -0.474 e. The van der Waals surface area contributed by atoms with E-state index in [-0.39, 0.29) is 23.0 Å². The van der Waals surface area contributed by atoms with Crippen molar-refractivity contribution < 1.29 is 27.5 Å². The maximum Gasteiger partial charge on any atom is 0.417 e. The molecule has 0 unspecified atom stereocenters. The molecule has 1 heterocycles. The van der Waals surface area contributed by atoms with Crippen LogP contribution in [0, 0.1) is 17.2 Å². The quantitative estimate of drug-likeness (QED) is 0.794. The number of nitrogens with one attached hydrogen (secondary N) is 1. The third-order valence-corrected chi connectivity index (χ3v) is 4.38. The molecule has 1 aliphatic carbocycles. The standard InChI is InChI=1S/C19H15F3N4O3/c20-19(21,22)12-7-15(18(25-9-12)29-14-4-10(5-14)8-23)17(28)26-13-3-1-2-11(6-13)16(24)27/h1-3,6-7,9-10,14H,4-5H2,(H2,24,27)(H,26,28). The summed E-state index contributed by atoms with van der Waals surface area (Å²) in [6.07, 6.45) is -3.72. The summed E-state index contributed by atoms with van der Waals surface area (Å²) in [6, 6.07) is 8.36. The van der Waals surface area contributed by atoms with Gasteiger partial charge in [0.05, 0.1) is 17.6 Å². The number of pyridine rings is 1. The molecule has 150 valence electrons. The Labute approximate surface area is 163 Å². The molecule has 3 rings (SSSR count). The van der Waals surface area contributed by atoms with Crippen LogP contribution in [-0.2, 0) is 6.18 Å². The number of nitrogens with two attached hydrogens (primary N) is 1. The van der Waals surface area contributed by atoms with Crippen molar-refractivity contribution in [2.24, 2.45) is 11.7 Å². The number of nitriles is 1. The molecule has 3 N–H and O–H groups in total. The zero-order valence-electron chi connectivity index (χ0n) is 14.9. The van der Waals surface area contributed by atoms with Crippen molar-refractivity contribution in [2.45, 2.75) is 25.1 Å². The number of alkyl halides is 3. The molecule has 0 atom stereocenters. The number of hydrogen-bond acceptors (Lipinski definition) is 5. The Kier molecular flexibility index (Phi) is 5.41. The lowest BCUT2D eigenvalue weighted by atomic mass is 9.83. The number of aromatic nitrogens is 1. The van der Waals surface area contributed by atoms with Crippen molar-refractivity contribution in [1.29, 1.82) is 5.26 Å². The first-order valence-corrected chi connectivity index (χ1v) is 8.52. The molecule has 0 spiro atoms. The van der Waals surface area contributed by atoms with Crippen LogP contribution >= 0.6 is 0 Å². The fourth-order valence-corrected chi connectivity index (χ4v) is 2.74. The topological polar surface area (TPSA) is 118 Å². The van der Waals surface area contributed by atoms with Gasteiger partial charge in [0, 0.05) is 30.3 Å². The zero-order chi connectivity index (χ0) is 21.2. The first-order chi connectivity index (χ1) is 13.7. The van der Waals surface area contributed by atoms with E-state index in [0.717, 1.165) is 0 Å². The van der Waals surface area contributed by atoms with E-state index in [2.05, 4.69) is 16.4 Å². The van der Waals surface area contributed by atoms with Crippen molar-refractivity contribution in [3.63, 3.8) is 0 Å². The highest BCUT2D eigenvalue weighted by molar-refractivity contribution is 6.06. The van der Waals surface area contributed by atoms with E-state index >= 15 is 0 Å². The average Bonchev–Trinajstić information content (AvgIpc) is 2.63. The molecule has 1 aliphatic rings. The third-order valence-electron chi connectivity index (χ3n) is 4.38. The minimum atomic E-state index is -4.70. The predicted octanol–water partition coefficient (Wildman–Crippen LogP) is 3.13. The number of carbonyl (C=O) groups excluding carboxylic acids is 2. The molecule has 10 heteroatoms. The second-order valence-electron chi connectivity index (χ2n) is 6.51. The number of benzene rings is 1. The van der Waals surface area contributed by atoms with E-state index in [1.54, 1.807) is 0 Å². The Balaban J connectivity index is 1.88. The van der Waals surface area contributed by atoms with Crippen LogP contribution in [-0.4, -0.2) is 22.9 Å². The number of primary amides is 1. The molecule has 7 nitrogen and oxygen atoms in total. The second-order valence-corrected chi connectivity index (χ2v) is 6.51. The summed E-state index contributed by atoms with van der Waals surface area (Å²) < 4.78 is 44.7.